The topological polar surface area (TPSA) is 312 Å². The van der Waals surface area contributed by atoms with Crippen molar-refractivity contribution in [2.24, 2.45) is 25.9 Å². The van der Waals surface area contributed by atoms with E-state index in [0.29, 0.717) is 87.6 Å². The Balaban J connectivity index is 0.876. The van der Waals surface area contributed by atoms with Crippen LogP contribution in [0.2, 0.25) is 20.1 Å². The van der Waals surface area contributed by atoms with Gasteiger partial charge in [0.2, 0.25) is 47.3 Å². The van der Waals surface area contributed by atoms with Crippen molar-refractivity contribution in [3.8, 4) is 45.8 Å². The molecule has 9 heterocycles. The maximum absolute atomic E-state index is 16.4. The van der Waals surface area contributed by atoms with E-state index in [1.54, 1.807) is 149 Å². The fourth-order valence-corrected chi connectivity index (χ4v) is 18.2. The van der Waals surface area contributed by atoms with Crippen LogP contribution in [0, 0.1) is 17.0 Å². The first-order chi connectivity index (χ1) is 60.7. The summed E-state index contributed by atoms with van der Waals surface area (Å²) in [7, 11) is 17.8. The molecule has 0 saturated carbocycles. The van der Waals surface area contributed by atoms with E-state index in [1.165, 1.54) is 50.0 Å². The molecule has 127 heavy (non-hydrogen) atoms. The molecule has 9 aromatic rings. The Labute approximate surface area is 759 Å². The molecular formula is C93H109Cl4N17O13. The zero-order valence-electron chi connectivity index (χ0n) is 73.6. The van der Waals surface area contributed by atoms with Gasteiger partial charge >= 0.3 is 0 Å². The zero-order chi connectivity index (χ0) is 90.9. The first-order valence-corrected chi connectivity index (χ1v) is 43.9. The maximum atomic E-state index is 16.4. The molecular weight excluding hydrogens is 1700 g/mol. The number of rotatable bonds is 26. The van der Waals surface area contributed by atoms with E-state index in [1.807, 2.05) is 85.5 Å². The lowest BCUT2D eigenvalue weighted by molar-refractivity contribution is -0.623. The van der Waals surface area contributed by atoms with Crippen LogP contribution >= 0.6 is 46.4 Å². The van der Waals surface area contributed by atoms with Gasteiger partial charge in [-0.05, 0) is 171 Å². The van der Waals surface area contributed by atoms with E-state index >= 15 is 43.6 Å². The highest BCUT2D eigenvalue weighted by Crippen LogP contribution is 2.40. The van der Waals surface area contributed by atoms with Crippen LogP contribution in [0.3, 0.4) is 0 Å². The number of imidazole rings is 2. The van der Waals surface area contributed by atoms with Gasteiger partial charge in [0, 0.05) is 138 Å². The van der Waals surface area contributed by atoms with E-state index in [9.17, 15) is 0 Å². The molecule has 0 unspecified atom stereocenters. The first-order valence-electron chi connectivity index (χ1n) is 42.4. The zero-order valence-corrected chi connectivity index (χ0v) is 76.6. The Bertz CT molecular complexity index is 5160. The van der Waals surface area contributed by atoms with Crippen molar-refractivity contribution in [1.29, 1.82) is 0 Å². The van der Waals surface area contributed by atoms with Crippen LogP contribution in [-0.4, -0.2) is 247 Å². The largest absolute Gasteiger partial charge is 0.618 e. The Kier molecular flexibility index (Phi) is 30.1. The van der Waals surface area contributed by atoms with Crippen molar-refractivity contribution >= 4 is 93.7 Å². The maximum Gasteiger partial charge on any atom is 0.247 e. The van der Waals surface area contributed by atoms with Crippen molar-refractivity contribution in [2.45, 2.75) is 139 Å². The lowest BCUT2D eigenvalue weighted by Crippen LogP contribution is -2.66. The molecule has 4 fully saturated rings. The van der Waals surface area contributed by atoms with E-state index in [2.05, 4.69) is 20.6 Å². The van der Waals surface area contributed by atoms with Gasteiger partial charge in [-0.15, -0.1) is 0 Å². The van der Waals surface area contributed by atoms with Crippen molar-refractivity contribution in [2.75, 3.05) is 95.9 Å². The van der Waals surface area contributed by atoms with Gasteiger partial charge in [0.15, 0.2) is 11.4 Å². The SMILES string of the molecule is COC[C@@H]1NC(=O)[C@H](C)N(Cc2ccc(Cl)cc2Oc2ccc(-c3cnc(CN(C)C)n3C)nc2)C(=O)C[C@@H](Cc2cccc(C[C@@H]3CC(=O)N(Cc4ccc(Cl)cc4Oc4ccc(-c5cnc(CN(C)C)n5C)nc4)[C@@H](C)C(=O)N[C@@H](COC)C(=O)N(C)[C@@]4(Cc5ccc(Cl)cc5)CCCN(C4)C3=O)[n+]2[O-])C(=O)N2CCC[C@@](Cc3ccc(Cl)cc3)(C2)N(C)C1=O. The fourth-order valence-electron chi connectivity index (χ4n) is 17.6. The number of carbonyl (C=O) groups is 8. The standard InChI is InChI=1S/C93H109Cl4N17O13/c1-58-86(117)102-76(54-124-11)90(121)108(9)92(44-60-18-24-66(94)25-19-60)34-14-36-110(56-92)88(119)64(40-84(115)112(58)50-62-22-28-68(96)42-80(62)126-72-30-32-74(98-46-72)78-48-100-82(106(78)7)52-104(3)4)38-70-16-13-17-71(114(70)123)39-65-41-85(116)113(51-63-23-29-69(97)43-81(63)127-73-31-33-75(99-47-73)79-49-101-83(107(79)8)53-105(5)6)59(2)87(118)103-77(55-125-12)91(122)109(10)93(35-15-37-111(57-93)89(65)120)45-61-20-26-67(95)27-21-61/h13,16-33,42-43,46-49,58-59,64-65,76-77H,14-15,34-41,44-45,50-57H2,1-12H3,(H,102,117)(H,103,118)/t58-,59-,64+,65+,76-,77-,92+,93+/m0/s1. The van der Waals surface area contributed by atoms with Crippen LogP contribution in [0.5, 0.6) is 23.0 Å². The summed E-state index contributed by atoms with van der Waals surface area (Å²) in [4.78, 5) is 158. The minimum Gasteiger partial charge on any atom is -0.618 e. The minimum absolute atomic E-state index is 0.00943. The number of amides is 8. The van der Waals surface area contributed by atoms with Gasteiger partial charge in [-0.1, -0.05) is 82.8 Å². The quantitative estimate of drug-likeness (QED) is 0.0376. The van der Waals surface area contributed by atoms with Crippen LogP contribution in [0.15, 0.2) is 152 Å². The molecule has 5 aromatic heterocycles. The highest BCUT2D eigenvalue weighted by atomic mass is 35.5. The van der Waals surface area contributed by atoms with E-state index in [4.69, 9.17) is 75.3 Å². The molecule has 13 rings (SSSR count). The van der Waals surface area contributed by atoms with E-state index in [-0.39, 0.29) is 111 Å². The van der Waals surface area contributed by atoms with Crippen molar-refractivity contribution < 1.29 is 62.0 Å². The first kappa shape index (κ1) is 93.5. The van der Waals surface area contributed by atoms with Gasteiger partial charge in [0.1, 0.15) is 58.8 Å². The predicted molar refractivity (Wildman–Crippen MR) is 480 cm³/mol. The Morgan fingerprint density at radius 3 is 1.24 bits per heavy atom. The number of benzene rings is 4. The number of carbonyl (C=O) groups excluding carboxylic acids is 8. The number of hydrogen-bond acceptors (Lipinski definition) is 19. The van der Waals surface area contributed by atoms with Gasteiger partial charge in [0.05, 0.1) is 110 Å². The number of halogens is 4. The van der Waals surface area contributed by atoms with Crippen LogP contribution in [-0.2, 0) is 114 Å². The highest BCUT2D eigenvalue weighted by Gasteiger charge is 2.50. The molecule has 8 amide bonds. The van der Waals surface area contributed by atoms with Crippen molar-refractivity contribution in [3.63, 3.8) is 0 Å². The molecule has 4 aliphatic rings. The average Bonchev–Trinajstić information content (AvgIpc) is 1.71. The summed E-state index contributed by atoms with van der Waals surface area (Å²) in [5.74, 6) is -4.93. The highest BCUT2D eigenvalue weighted by molar-refractivity contribution is 6.31. The van der Waals surface area contributed by atoms with Crippen LogP contribution in [0.1, 0.15) is 97.7 Å². The lowest BCUT2D eigenvalue weighted by atomic mass is 9.80. The van der Waals surface area contributed by atoms with Crippen LogP contribution < -0.4 is 24.8 Å². The number of fused-ring (bicyclic) bond motifs is 4. The lowest BCUT2D eigenvalue weighted by Gasteiger charge is -2.50. The summed E-state index contributed by atoms with van der Waals surface area (Å²) in [6, 6.07) is 30.6. The van der Waals surface area contributed by atoms with Gasteiger partial charge in [-0.3, -0.25) is 48.3 Å². The number of nitrogens with one attached hydrogen (secondary N) is 2. The summed E-state index contributed by atoms with van der Waals surface area (Å²) in [5, 5.41) is 23.4. The number of piperidine rings is 2. The van der Waals surface area contributed by atoms with Crippen LogP contribution in [0.4, 0.5) is 0 Å². The third-order valence-electron chi connectivity index (χ3n) is 24.8. The second-order valence-electron chi connectivity index (χ2n) is 34.2. The van der Waals surface area contributed by atoms with Gasteiger partial charge in [-0.25, -0.2) is 9.97 Å². The number of hydrogen-bond donors (Lipinski definition) is 2. The number of pyridine rings is 3. The summed E-state index contributed by atoms with van der Waals surface area (Å²) < 4.78 is 29.0. The molecule has 8 atom stereocenters. The van der Waals surface area contributed by atoms with Gasteiger partial charge in [-0.2, -0.15) is 4.73 Å². The van der Waals surface area contributed by atoms with Crippen molar-refractivity contribution in [1.82, 2.24) is 78.9 Å². The molecule has 0 spiro atoms. The van der Waals surface area contributed by atoms with E-state index in [0.717, 1.165) is 34.2 Å². The number of methoxy groups -OCH3 is 2. The summed E-state index contributed by atoms with van der Waals surface area (Å²) >= 11 is 26.5. The van der Waals surface area contributed by atoms with Gasteiger partial charge < -0.3 is 83.1 Å². The predicted octanol–water partition coefficient (Wildman–Crippen LogP) is 10.6. The molecule has 0 radical (unpaired) electrons. The third kappa shape index (κ3) is 21.9. The fraction of sp³-hybridized carbons (Fsp3) is 0.430. The normalized spacial score (nSPS) is 21.5. The molecule has 4 aromatic carbocycles. The van der Waals surface area contributed by atoms with Crippen molar-refractivity contribution in [3.05, 3.63) is 223 Å². The number of nitrogens with zero attached hydrogens (tertiary/aromatic N) is 15. The molecule has 4 saturated heterocycles. The Morgan fingerprint density at radius 2 is 0.882 bits per heavy atom. The third-order valence-corrected chi connectivity index (χ3v) is 25.7. The number of ether oxygens (including phenoxy) is 4. The minimum atomic E-state index is -1.37. The molecule has 672 valence electrons. The van der Waals surface area contributed by atoms with Crippen LogP contribution in [0.25, 0.3) is 22.8 Å². The Morgan fingerprint density at radius 1 is 0.496 bits per heavy atom. The number of likely N-dealkylation sites (N-methyl/N-ethyl adjacent to an activating group) is 2. The van der Waals surface area contributed by atoms with Gasteiger partial charge in [0.25, 0.3) is 0 Å². The molecule has 34 heteroatoms. The average molecular weight is 1810 g/mol. The molecule has 30 nitrogen and oxygen atoms in total. The number of aromatic nitrogens is 7. The summed E-state index contributed by atoms with van der Waals surface area (Å²) in [6.07, 6.45) is 6.76. The summed E-state index contributed by atoms with van der Waals surface area (Å²) in [5.41, 5.74) is 2.93. The second kappa shape index (κ2) is 40.9. The molecule has 2 N–H and O–H groups in total. The monoisotopic (exact) mass is 1810 g/mol. The summed E-state index contributed by atoms with van der Waals surface area (Å²) in [6.45, 7) is 3.41. The van der Waals surface area contributed by atoms with E-state index < -0.39 is 107 Å². The molecule has 0 aliphatic carbocycles. The molecule has 4 bridgehead atoms. The Hall–Kier alpha value is -11.1. The second-order valence-corrected chi connectivity index (χ2v) is 35.9. The molecule has 4 aliphatic heterocycles. The smallest absolute Gasteiger partial charge is 0.247 e.